The Bertz CT molecular complexity index is 1320. The number of benzene rings is 2. The third-order valence-corrected chi connectivity index (χ3v) is 5.43. The van der Waals surface area contributed by atoms with Gasteiger partial charge in [0, 0.05) is 25.6 Å². The maximum absolute atomic E-state index is 14.7. The fraction of sp³-hybridized carbons (Fsp3) is 0.238. The molecule has 33 heavy (non-hydrogen) atoms. The normalized spacial score (nSPS) is 17.6. The van der Waals surface area contributed by atoms with Crippen LogP contribution >= 0.6 is 0 Å². The van der Waals surface area contributed by atoms with Crippen molar-refractivity contribution in [3.8, 4) is 5.69 Å². The topological polar surface area (TPSA) is 89.1 Å². The second kappa shape index (κ2) is 7.87. The summed E-state index contributed by atoms with van der Waals surface area (Å²) in [6, 6.07) is 5.48. The first-order valence-electron chi connectivity index (χ1n) is 9.97. The van der Waals surface area contributed by atoms with Crippen molar-refractivity contribution in [1.82, 2.24) is 24.9 Å². The minimum Gasteiger partial charge on any atom is -0.424 e. The minimum absolute atomic E-state index is 0.0853. The van der Waals surface area contributed by atoms with Crippen LogP contribution in [0.5, 0.6) is 0 Å². The van der Waals surface area contributed by atoms with E-state index in [1.807, 2.05) is 0 Å². The van der Waals surface area contributed by atoms with Crippen LogP contribution in [-0.2, 0) is 0 Å². The first-order valence-corrected chi connectivity index (χ1v) is 9.97. The first-order chi connectivity index (χ1) is 15.8. The number of rotatable bonds is 5. The SMILES string of the molecule is O=C(c1cc(F)ccc1-n1nccn1)N1CCC(F)(F)C1CNc1nc2cc(F)ccc2o1. The molecular formula is C21H16F4N6O2. The number of nitrogens with one attached hydrogen (secondary N) is 1. The van der Waals surface area contributed by atoms with Crippen molar-refractivity contribution < 1.29 is 26.8 Å². The second-order valence-electron chi connectivity index (χ2n) is 7.52. The van der Waals surface area contributed by atoms with Gasteiger partial charge in [0.15, 0.2) is 5.58 Å². The van der Waals surface area contributed by atoms with Crippen LogP contribution in [0.4, 0.5) is 23.6 Å². The smallest absolute Gasteiger partial charge is 0.295 e. The molecule has 1 fully saturated rings. The highest BCUT2D eigenvalue weighted by molar-refractivity contribution is 5.98. The molecule has 1 aliphatic heterocycles. The Morgan fingerprint density at radius 3 is 2.64 bits per heavy atom. The molecule has 1 N–H and O–H groups in total. The van der Waals surface area contributed by atoms with E-state index < -0.39 is 42.5 Å². The van der Waals surface area contributed by atoms with E-state index in [-0.39, 0.29) is 34.9 Å². The van der Waals surface area contributed by atoms with E-state index in [1.165, 1.54) is 30.6 Å². The number of halogens is 4. The molecule has 170 valence electrons. The molecule has 0 bridgehead atoms. The lowest BCUT2D eigenvalue weighted by atomic mass is 10.1. The summed E-state index contributed by atoms with van der Waals surface area (Å²) >= 11 is 0. The molecule has 8 nitrogen and oxygen atoms in total. The van der Waals surface area contributed by atoms with Crippen LogP contribution in [0.25, 0.3) is 16.8 Å². The van der Waals surface area contributed by atoms with Gasteiger partial charge in [-0.3, -0.25) is 4.79 Å². The minimum atomic E-state index is -3.21. The van der Waals surface area contributed by atoms with E-state index in [9.17, 15) is 22.4 Å². The van der Waals surface area contributed by atoms with Gasteiger partial charge in [0.05, 0.1) is 23.6 Å². The summed E-state index contributed by atoms with van der Waals surface area (Å²) in [6.45, 7) is -0.627. The van der Waals surface area contributed by atoms with Crippen molar-refractivity contribution in [2.24, 2.45) is 0 Å². The summed E-state index contributed by atoms with van der Waals surface area (Å²) in [5.41, 5.74) is 0.515. The molecule has 0 aliphatic carbocycles. The maximum Gasteiger partial charge on any atom is 0.295 e. The van der Waals surface area contributed by atoms with Crippen LogP contribution in [0, 0.1) is 11.6 Å². The van der Waals surface area contributed by atoms with Crippen LogP contribution in [-0.4, -0.2) is 55.8 Å². The van der Waals surface area contributed by atoms with Crippen LogP contribution in [0.1, 0.15) is 16.8 Å². The first kappa shape index (κ1) is 20.9. The summed E-state index contributed by atoms with van der Waals surface area (Å²) in [5, 5.41) is 10.5. The van der Waals surface area contributed by atoms with Gasteiger partial charge >= 0.3 is 0 Å². The fourth-order valence-electron chi connectivity index (χ4n) is 3.83. The molecule has 1 atom stereocenters. The lowest BCUT2D eigenvalue weighted by Gasteiger charge is -2.28. The van der Waals surface area contributed by atoms with Gasteiger partial charge in [-0.25, -0.2) is 17.6 Å². The molecule has 5 rings (SSSR count). The Hall–Kier alpha value is -3.96. The molecule has 0 radical (unpaired) electrons. The predicted molar refractivity (Wildman–Crippen MR) is 108 cm³/mol. The number of fused-ring (bicyclic) bond motifs is 1. The Labute approximate surface area is 183 Å². The quantitative estimate of drug-likeness (QED) is 0.458. The van der Waals surface area contributed by atoms with E-state index >= 15 is 0 Å². The van der Waals surface area contributed by atoms with Gasteiger partial charge in [-0.15, -0.1) is 0 Å². The van der Waals surface area contributed by atoms with E-state index in [0.717, 1.165) is 27.9 Å². The fourth-order valence-corrected chi connectivity index (χ4v) is 3.83. The molecule has 4 aromatic rings. The van der Waals surface area contributed by atoms with Gasteiger partial charge in [-0.05, 0) is 30.3 Å². The summed E-state index contributed by atoms with van der Waals surface area (Å²) in [6.07, 6.45) is 2.19. The molecule has 0 spiro atoms. The standard InChI is InChI=1S/C21H16F4N6O2/c22-12-1-3-16(31-27-6-7-28-31)14(9-12)19(32)30-8-5-21(24,25)18(30)11-26-20-29-15-10-13(23)2-4-17(15)33-20/h1-4,6-7,9-10,18H,5,8,11H2,(H,26,29). The van der Waals surface area contributed by atoms with E-state index in [0.29, 0.717) is 0 Å². The molecule has 0 saturated carbocycles. The number of amides is 1. The van der Waals surface area contributed by atoms with Crippen molar-refractivity contribution in [1.29, 1.82) is 0 Å². The molecule has 1 unspecified atom stereocenters. The molecular weight excluding hydrogens is 444 g/mol. The van der Waals surface area contributed by atoms with Crippen LogP contribution < -0.4 is 5.32 Å². The van der Waals surface area contributed by atoms with Gasteiger partial charge < -0.3 is 14.6 Å². The average Bonchev–Trinajstić information content (AvgIpc) is 3.50. The molecule has 1 aliphatic rings. The van der Waals surface area contributed by atoms with E-state index in [2.05, 4.69) is 20.5 Å². The molecule has 1 saturated heterocycles. The third kappa shape index (κ3) is 3.88. The zero-order valence-corrected chi connectivity index (χ0v) is 16.9. The van der Waals surface area contributed by atoms with Crippen molar-refractivity contribution >= 4 is 23.0 Å². The van der Waals surface area contributed by atoms with Crippen molar-refractivity contribution in [2.75, 3.05) is 18.4 Å². The maximum atomic E-state index is 14.7. The summed E-state index contributed by atoms with van der Waals surface area (Å²) < 4.78 is 62.1. The number of anilines is 1. The summed E-state index contributed by atoms with van der Waals surface area (Å²) in [4.78, 5) is 19.4. The molecule has 3 heterocycles. The molecule has 2 aromatic carbocycles. The van der Waals surface area contributed by atoms with Gasteiger partial charge in [-0.2, -0.15) is 20.0 Å². The predicted octanol–water partition coefficient (Wildman–Crippen LogP) is 3.65. The number of carbonyl (C=O) groups is 1. The number of alkyl halides is 2. The molecule has 2 aromatic heterocycles. The number of aromatic nitrogens is 4. The number of carbonyl (C=O) groups excluding carboxylic acids is 1. The molecule has 1 amide bonds. The van der Waals surface area contributed by atoms with Gasteiger partial charge in [0.1, 0.15) is 23.2 Å². The highest BCUT2D eigenvalue weighted by Gasteiger charge is 2.51. The van der Waals surface area contributed by atoms with Crippen molar-refractivity contribution in [3.05, 3.63) is 66.0 Å². The van der Waals surface area contributed by atoms with Gasteiger partial charge in [0.2, 0.25) is 0 Å². The number of hydrogen-bond acceptors (Lipinski definition) is 6. The second-order valence-corrected chi connectivity index (χ2v) is 7.52. The number of hydrogen-bond donors (Lipinski definition) is 1. The van der Waals surface area contributed by atoms with Crippen molar-refractivity contribution in [2.45, 2.75) is 18.4 Å². The van der Waals surface area contributed by atoms with E-state index in [4.69, 9.17) is 4.42 Å². The Morgan fingerprint density at radius 2 is 1.85 bits per heavy atom. The zero-order valence-electron chi connectivity index (χ0n) is 16.9. The number of nitrogens with zero attached hydrogens (tertiary/aromatic N) is 5. The lowest BCUT2D eigenvalue weighted by Crippen LogP contribution is -2.47. The summed E-state index contributed by atoms with van der Waals surface area (Å²) in [7, 11) is 0. The monoisotopic (exact) mass is 460 g/mol. The summed E-state index contributed by atoms with van der Waals surface area (Å²) in [5.74, 6) is -5.21. The highest BCUT2D eigenvalue weighted by atomic mass is 19.3. The average molecular weight is 460 g/mol. The Morgan fingerprint density at radius 1 is 1.12 bits per heavy atom. The van der Waals surface area contributed by atoms with Crippen LogP contribution in [0.15, 0.2) is 53.2 Å². The largest absolute Gasteiger partial charge is 0.424 e. The molecule has 12 heteroatoms. The van der Waals surface area contributed by atoms with Crippen molar-refractivity contribution in [3.63, 3.8) is 0 Å². The number of oxazole rings is 1. The van der Waals surface area contributed by atoms with Gasteiger partial charge in [0.25, 0.3) is 17.8 Å². The van der Waals surface area contributed by atoms with E-state index in [1.54, 1.807) is 0 Å². The van der Waals surface area contributed by atoms with Gasteiger partial charge in [-0.1, -0.05) is 0 Å². The highest BCUT2D eigenvalue weighted by Crippen LogP contribution is 2.36. The van der Waals surface area contributed by atoms with Crippen LogP contribution in [0.3, 0.4) is 0 Å². The van der Waals surface area contributed by atoms with Crippen LogP contribution in [0.2, 0.25) is 0 Å². The third-order valence-electron chi connectivity index (χ3n) is 5.43. The lowest BCUT2D eigenvalue weighted by molar-refractivity contribution is -0.0249. The number of likely N-dealkylation sites (tertiary alicyclic amines) is 1. The Kier molecular flexibility index (Phi) is 4.99. The zero-order chi connectivity index (χ0) is 23.2. The Balaban J connectivity index is 1.42.